The minimum Gasteiger partial charge on any atom is -0.387 e. The third-order valence-corrected chi connectivity index (χ3v) is 2.58. The molecule has 0 saturated heterocycles. The highest BCUT2D eigenvalue weighted by Gasteiger charge is 2.08. The molecule has 0 heterocycles. The molecule has 0 aliphatic heterocycles. The smallest absolute Gasteiger partial charge is 0.235 e. The minimum absolute atomic E-state index is 0.0921. The van der Waals surface area contributed by atoms with Crippen LogP contribution in [0.5, 0.6) is 0 Å². The van der Waals surface area contributed by atoms with Crippen molar-refractivity contribution in [3.63, 3.8) is 0 Å². The summed E-state index contributed by atoms with van der Waals surface area (Å²) in [5.41, 5.74) is 0.749. The lowest BCUT2D eigenvalue weighted by molar-refractivity contribution is -0.119. The number of hydrogen-bond donors (Lipinski definition) is 2. The molecule has 1 aromatic carbocycles. The van der Waals surface area contributed by atoms with Crippen molar-refractivity contribution < 1.29 is 9.90 Å². The lowest BCUT2D eigenvalue weighted by Gasteiger charge is -2.11. The van der Waals surface area contributed by atoms with Gasteiger partial charge in [0, 0.05) is 11.0 Å². The Morgan fingerprint density at radius 2 is 2.33 bits per heavy atom. The molecule has 1 atom stereocenters. The average molecular weight is 293 g/mol. The molecule has 0 aliphatic carbocycles. The van der Waals surface area contributed by atoms with Crippen LogP contribution in [0, 0.1) is 0 Å². The summed E-state index contributed by atoms with van der Waals surface area (Å²) in [6.07, 6.45) is -0.713. The molecule has 0 aliphatic rings. The fourth-order valence-corrected chi connectivity index (χ4v) is 1.60. The van der Waals surface area contributed by atoms with Gasteiger partial charge in [0.2, 0.25) is 5.91 Å². The van der Waals surface area contributed by atoms with E-state index in [9.17, 15) is 9.90 Å². The third-order valence-electron chi connectivity index (χ3n) is 1.85. The van der Waals surface area contributed by atoms with Gasteiger partial charge in [-0.25, -0.2) is 0 Å². The fourth-order valence-electron chi connectivity index (χ4n) is 1.09. The van der Waals surface area contributed by atoms with Crippen molar-refractivity contribution in [1.82, 2.24) is 5.32 Å². The van der Waals surface area contributed by atoms with Crippen molar-refractivity contribution in [2.24, 2.45) is 0 Å². The number of nitrogens with one attached hydrogen (secondary N) is 1. The van der Waals surface area contributed by atoms with Crippen LogP contribution in [0.4, 0.5) is 0 Å². The Kier molecular flexibility index (Phi) is 5.08. The monoisotopic (exact) mass is 291 g/mol. The number of carbonyl (C=O) groups excluding carboxylic acids is 1. The number of rotatable bonds is 4. The Morgan fingerprint density at radius 1 is 1.60 bits per heavy atom. The molecule has 1 unspecified atom stereocenters. The quantitative estimate of drug-likeness (QED) is 0.832. The topological polar surface area (TPSA) is 49.3 Å². The lowest BCUT2D eigenvalue weighted by Crippen LogP contribution is -2.29. The Morgan fingerprint density at radius 3 is 2.93 bits per heavy atom. The highest BCUT2D eigenvalue weighted by molar-refractivity contribution is 9.10. The Balaban J connectivity index is 2.53. The molecule has 0 radical (unpaired) electrons. The zero-order valence-electron chi connectivity index (χ0n) is 7.91. The maximum Gasteiger partial charge on any atom is 0.235 e. The summed E-state index contributed by atoms with van der Waals surface area (Å²) in [5.74, 6) is -0.378. The Bertz CT molecular complexity index is 346. The van der Waals surface area contributed by atoms with Crippen molar-refractivity contribution in [3.05, 3.63) is 34.3 Å². The van der Waals surface area contributed by atoms with Crippen molar-refractivity contribution in [3.8, 4) is 0 Å². The third kappa shape index (κ3) is 4.20. The lowest BCUT2D eigenvalue weighted by atomic mass is 10.1. The normalized spacial score (nSPS) is 12.2. The summed E-state index contributed by atoms with van der Waals surface area (Å²) in [4.78, 5) is 10.9. The van der Waals surface area contributed by atoms with E-state index in [0.717, 1.165) is 10.0 Å². The summed E-state index contributed by atoms with van der Waals surface area (Å²) >= 11 is 8.61. The standard InChI is InChI=1S/C10H11BrClNO2/c11-8-3-1-2-7(4-8)9(14)6-13-10(15)5-12/h1-4,9,14H,5-6H2,(H,13,15). The van der Waals surface area contributed by atoms with Gasteiger partial charge in [-0.1, -0.05) is 28.1 Å². The molecular weight excluding hydrogens is 281 g/mol. The highest BCUT2D eigenvalue weighted by atomic mass is 79.9. The highest BCUT2D eigenvalue weighted by Crippen LogP contribution is 2.17. The number of amides is 1. The number of carbonyl (C=O) groups is 1. The van der Waals surface area contributed by atoms with E-state index in [1.807, 2.05) is 12.1 Å². The van der Waals surface area contributed by atoms with E-state index in [1.165, 1.54) is 0 Å². The van der Waals surface area contributed by atoms with Crippen molar-refractivity contribution >= 4 is 33.4 Å². The zero-order chi connectivity index (χ0) is 11.3. The van der Waals surface area contributed by atoms with Crippen LogP contribution < -0.4 is 5.32 Å². The molecule has 1 aromatic rings. The van der Waals surface area contributed by atoms with Crippen LogP contribution in [0.2, 0.25) is 0 Å². The molecule has 0 fully saturated rings. The first-order valence-corrected chi connectivity index (χ1v) is 5.72. The van der Waals surface area contributed by atoms with Gasteiger partial charge >= 0.3 is 0 Å². The molecule has 82 valence electrons. The van der Waals surface area contributed by atoms with E-state index >= 15 is 0 Å². The second-order valence-electron chi connectivity index (χ2n) is 3.01. The Hall–Kier alpha value is -0.580. The number of aliphatic hydroxyl groups excluding tert-OH is 1. The van der Waals surface area contributed by atoms with Gasteiger partial charge in [-0.15, -0.1) is 11.6 Å². The SMILES string of the molecule is O=C(CCl)NCC(O)c1cccc(Br)c1. The molecule has 2 N–H and O–H groups in total. The fraction of sp³-hybridized carbons (Fsp3) is 0.300. The van der Waals surface area contributed by atoms with Gasteiger partial charge < -0.3 is 10.4 Å². The second-order valence-corrected chi connectivity index (χ2v) is 4.19. The van der Waals surface area contributed by atoms with Gasteiger partial charge in [-0.2, -0.15) is 0 Å². The largest absolute Gasteiger partial charge is 0.387 e. The van der Waals surface area contributed by atoms with Gasteiger partial charge in [-0.3, -0.25) is 4.79 Å². The molecule has 0 bridgehead atoms. The van der Waals surface area contributed by atoms with Crippen LogP contribution in [0.1, 0.15) is 11.7 Å². The number of alkyl halides is 1. The maximum absolute atomic E-state index is 10.9. The first kappa shape index (κ1) is 12.5. The van der Waals surface area contributed by atoms with Crippen LogP contribution in [0.25, 0.3) is 0 Å². The van der Waals surface area contributed by atoms with E-state index in [1.54, 1.807) is 12.1 Å². The van der Waals surface area contributed by atoms with Gasteiger partial charge in [-0.05, 0) is 17.7 Å². The zero-order valence-corrected chi connectivity index (χ0v) is 10.3. The molecule has 0 aromatic heterocycles. The minimum atomic E-state index is -0.713. The van der Waals surface area contributed by atoms with Gasteiger partial charge in [0.1, 0.15) is 5.88 Å². The summed E-state index contributed by atoms with van der Waals surface area (Å²) in [7, 11) is 0. The second kappa shape index (κ2) is 6.10. The van der Waals surface area contributed by atoms with Crippen molar-refractivity contribution in [1.29, 1.82) is 0 Å². The Labute approximate surface area is 102 Å². The summed E-state index contributed by atoms with van der Waals surface area (Å²) in [5, 5.41) is 12.2. The molecule has 0 saturated carbocycles. The van der Waals surface area contributed by atoms with E-state index in [4.69, 9.17) is 11.6 Å². The predicted molar refractivity (Wildman–Crippen MR) is 62.8 cm³/mol. The van der Waals surface area contributed by atoms with Gasteiger partial charge in [0.05, 0.1) is 6.10 Å². The first-order chi connectivity index (χ1) is 7.13. The summed E-state index contributed by atoms with van der Waals surface area (Å²) < 4.78 is 0.891. The number of aliphatic hydroxyl groups is 1. The molecule has 1 amide bonds. The summed E-state index contributed by atoms with van der Waals surface area (Å²) in [6, 6.07) is 7.29. The molecule has 3 nitrogen and oxygen atoms in total. The van der Waals surface area contributed by atoms with Crippen LogP contribution in [0.3, 0.4) is 0 Å². The molecular formula is C10H11BrClNO2. The van der Waals surface area contributed by atoms with E-state index in [2.05, 4.69) is 21.2 Å². The van der Waals surface area contributed by atoms with Crippen LogP contribution in [0.15, 0.2) is 28.7 Å². The first-order valence-electron chi connectivity index (χ1n) is 4.39. The van der Waals surface area contributed by atoms with Crippen LogP contribution >= 0.6 is 27.5 Å². The van der Waals surface area contributed by atoms with E-state index in [0.29, 0.717) is 0 Å². The molecule has 1 rings (SSSR count). The average Bonchev–Trinajstić information content (AvgIpc) is 2.25. The van der Waals surface area contributed by atoms with E-state index in [-0.39, 0.29) is 18.3 Å². The molecule has 0 spiro atoms. The molecule has 5 heteroatoms. The molecule has 15 heavy (non-hydrogen) atoms. The van der Waals surface area contributed by atoms with E-state index < -0.39 is 6.10 Å². The van der Waals surface area contributed by atoms with Crippen molar-refractivity contribution in [2.75, 3.05) is 12.4 Å². The number of halogens is 2. The van der Waals surface area contributed by atoms with Crippen LogP contribution in [-0.2, 0) is 4.79 Å². The number of hydrogen-bond acceptors (Lipinski definition) is 2. The summed E-state index contributed by atoms with van der Waals surface area (Å²) in [6.45, 7) is 0.169. The van der Waals surface area contributed by atoms with Crippen molar-refractivity contribution in [2.45, 2.75) is 6.10 Å². The van der Waals surface area contributed by atoms with Crippen LogP contribution in [-0.4, -0.2) is 23.4 Å². The number of benzene rings is 1. The predicted octanol–water partition coefficient (Wildman–Crippen LogP) is 1.84. The van der Waals surface area contributed by atoms with Gasteiger partial charge in [0.15, 0.2) is 0 Å². The maximum atomic E-state index is 10.9. The van der Waals surface area contributed by atoms with Gasteiger partial charge in [0.25, 0.3) is 0 Å².